The molecule has 0 radical (unpaired) electrons. The van der Waals surface area contributed by atoms with Crippen LogP contribution in [0.5, 0.6) is 5.75 Å². The highest BCUT2D eigenvalue weighted by molar-refractivity contribution is 8.18. The van der Waals surface area contributed by atoms with Crippen LogP contribution in [0.2, 0.25) is 0 Å². The van der Waals surface area contributed by atoms with Crippen LogP contribution in [-0.2, 0) is 17.9 Å². The summed E-state index contributed by atoms with van der Waals surface area (Å²) in [6, 6.07) is 18.7. The minimum Gasteiger partial charge on any atom is -0.489 e. The van der Waals surface area contributed by atoms with Gasteiger partial charge in [-0.2, -0.15) is 0 Å². The molecule has 0 unspecified atom stereocenters. The van der Waals surface area contributed by atoms with Gasteiger partial charge in [-0.25, -0.2) is 0 Å². The number of benzene rings is 3. The molecule has 1 saturated heterocycles. The summed E-state index contributed by atoms with van der Waals surface area (Å²) in [5.74, 6) is -0.0217. The molecule has 0 spiro atoms. The average molecular weight is 491 g/mol. The first-order valence-electron chi connectivity index (χ1n) is 10.3. The standard InChI is InChI=1S/C24H17N3O7S/c28-23-22(35-24(29)25(23)14-16-8-10-19(11-9-16)26(30)31)13-17-4-3-6-20(12-17)34-15-18-5-1-2-7-21(18)27(32)33/h1-13H,14-15H2/b22-13-. The van der Waals surface area contributed by atoms with E-state index in [0.717, 1.165) is 16.7 Å². The molecular formula is C24H17N3O7S. The van der Waals surface area contributed by atoms with Crippen LogP contribution in [-0.4, -0.2) is 25.9 Å². The van der Waals surface area contributed by atoms with Crippen molar-refractivity contribution in [3.8, 4) is 5.75 Å². The summed E-state index contributed by atoms with van der Waals surface area (Å²) in [6.07, 6.45) is 1.57. The third kappa shape index (κ3) is 5.53. The number of nitro benzene ring substituents is 2. The monoisotopic (exact) mass is 491 g/mol. The fraction of sp³-hybridized carbons (Fsp3) is 0.0833. The number of ether oxygens (including phenoxy) is 1. The molecule has 1 fully saturated rings. The van der Waals surface area contributed by atoms with Gasteiger partial charge in [0, 0.05) is 18.2 Å². The maximum Gasteiger partial charge on any atom is 0.293 e. The largest absolute Gasteiger partial charge is 0.489 e. The van der Waals surface area contributed by atoms with Gasteiger partial charge in [0.1, 0.15) is 12.4 Å². The molecule has 4 rings (SSSR count). The molecule has 0 N–H and O–H groups in total. The first-order chi connectivity index (χ1) is 16.8. The van der Waals surface area contributed by atoms with Crippen LogP contribution in [0.25, 0.3) is 6.08 Å². The smallest absolute Gasteiger partial charge is 0.293 e. The molecule has 1 aliphatic heterocycles. The van der Waals surface area contributed by atoms with E-state index in [1.807, 2.05) is 0 Å². The highest BCUT2D eigenvalue weighted by atomic mass is 32.2. The summed E-state index contributed by atoms with van der Waals surface area (Å²) in [4.78, 5) is 47.5. The number of nitro groups is 2. The van der Waals surface area contributed by atoms with E-state index >= 15 is 0 Å². The van der Waals surface area contributed by atoms with Crippen LogP contribution in [0, 0.1) is 20.2 Å². The predicted octanol–water partition coefficient (Wildman–Crippen LogP) is 5.32. The molecule has 11 heteroatoms. The Labute approximate surface area is 203 Å². The SMILES string of the molecule is O=C1S/C(=C\c2cccc(OCc3ccccc3[N+](=O)[O-])c2)C(=O)N1Cc1ccc([N+](=O)[O-])cc1. The van der Waals surface area contributed by atoms with Crippen LogP contribution < -0.4 is 4.74 Å². The van der Waals surface area contributed by atoms with E-state index in [1.165, 1.54) is 30.3 Å². The lowest BCUT2D eigenvalue weighted by molar-refractivity contribution is -0.385. The van der Waals surface area contributed by atoms with E-state index in [9.17, 15) is 29.8 Å². The van der Waals surface area contributed by atoms with Crippen LogP contribution in [0.15, 0.2) is 77.7 Å². The van der Waals surface area contributed by atoms with Gasteiger partial charge in [0.05, 0.1) is 26.9 Å². The Kier molecular flexibility index (Phi) is 6.88. The molecule has 2 amide bonds. The Morgan fingerprint density at radius 1 is 0.914 bits per heavy atom. The highest BCUT2D eigenvalue weighted by Crippen LogP contribution is 2.34. The number of imide groups is 1. The van der Waals surface area contributed by atoms with Gasteiger partial charge in [-0.1, -0.05) is 36.4 Å². The van der Waals surface area contributed by atoms with Crippen molar-refractivity contribution in [1.82, 2.24) is 4.90 Å². The summed E-state index contributed by atoms with van der Waals surface area (Å²) in [5.41, 5.74) is 1.52. The Balaban J connectivity index is 1.45. The summed E-state index contributed by atoms with van der Waals surface area (Å²) in [5, 5.41) is 21.5. The number of thioether (sulfide) groups is 1. The van der Waals surface area contributed by atoms with Crippen LogP contribution in [0.4, 0.5) is 16.2 Å². The molecule has 3 aromatic carbocycles. The number of carbonyl (C=O) groups excluding carboxylic acids is 2. The Hall–Kier alpha value is -4.51. The molecule has 0 atom stereocenters. The zero-order valence-corrected chi connectivity index (χ0v) is 18.8. The van der Waals surface area contributed by atoms with Gasteiger partial charge in [0.15, 0.2) is 0 Å². The first kappa shape index (κ1) is 23.6. The fourth-order valence-corrected chi connectivity index (χ4v) is 4.20. The lowest BCUT2D eigenvalue weighted by Gasteiger charge is -2.12. The summed E-state index contributed by atoms with van der Waals surface area (Å²) in [7, 11) is 0. The van der Waals surface area contributed by atoms with Gasteiger partial charge in [-0.3, -0.25) is 34.7 Å². The molecule has 0 aliphatic carbocycles. The zero-order chi connectivity index (χ0) is 24.9. The van der Waals surface area contributed by atoms with E-state index in [0.29, 0.717) is 22.4 Å². The van der Waals surface area contributed by atoms with Crippen molar-refractivity contribution in [2.75, 3.05) is 0 Å². The van der Waals surface area contributed by atoms with Gasteiger partial charge < -0.3 is 4.74 Å². The van der Waals surface area contributed by atoms with E-state index in [4.69, 9.17) is 4.74 Å². The van der Waals surface area contributed by atoms with Crippen molar-refractivity contribution in [1.29, 1.82) is 0 Å². The number of para-hydroxylation sites is 1. The normalized spacial score (nSPS) is 14.4. The third-order valence-electron chi connectivity index (χ3n) is 5.10. The minimum absolute atomic E-state index is 0.000985. The molecule has 0 bridgehead atoms. The van der Waals surface area contributed by atoms with Crippen molar-refractivity contribution < 1.29 is 24.2 Å². The molecule has 35 heavy (non-hydrogen) atoms. The number of carbonyl (C=O) groups is 2. The second-order valence-corrected chi connectivity index (χ2v) is 8.43. The number of hydrogen-bond acceptors (Lipinski definition) is 8. The average Bonchev–Trinajstić information content (AvgIpc) is 3.10. The summed E-state index contributed by atoms with van der Waals surface area (Å²) >= 11 is 0.800. The maximum absolute atomic E-state index is 12.8. The van der Waals surface area contributed by atoms with Gasteiger partial charge in [0.25, 0.3) is 22.5 Å². The quantitative estimate of drug-likeness (QED) is 0.235. The van der Waals surface area contributed by atoms with Crippen molar-refractivity contribution in [2.45, 2.75) is 13.2 Å². The topological polar surface area (TPSA) is 133 Å². The lowest BCUT2D eigenvalue weighted by atomic mass is 10.1. The van der Waals surface area contributed by atoms with Gasteiger partial charge in [-0.15, -0.1) is 0 Å². The van der Waals surface area contributed by atoms with Gasteiger partial charge in [0.2, 0.25) is 0 Å². The first-order valence-corrected chi connectivity index (χ1v) is 11.1. The summed E-state index contributed by atoms with van der Waals surface area (Å²) in [6.45, 7) is -0.00856. The lowest BCUT2D eigenvalue weighted by Crippen LogP contribution is -2.27. The highest BCUT2D eigenvalue weighted by Gasteiger charge is 2.35. The molecule has 1 heterocycles. The van der Waals surface area contributed by atoms with Crippen molar-refractivity contribution in [3.63, 3.8) is 0 Å². The minimum atomic E-state index is -0.522. The van der Waals surface area contributed by atoms with Crippen LogP contribution in [0.1, 0.15) is 16.7 Å². The van der Waals surface area contributed by atoms with E-state index in [-0.39, 0.29) is 29.4 Å². The number of nitrogens with zero attached hydrogens (tertiary/aromatic N) is 3. The Bertz CT molecular complexity index is 1360. The van der Waals surface area contributed by atoms with Crippen molar-refractivity contribution >= 4 is 40.4 Å². The van der Waals surface area contributed by atoms with E-state index in [1.54, 1.807) is 48.5 Å². The Morgan fingerprint density at radius 2 is 1.66 bits per heavy atom. The number of amides is 2. The van der Waals surface area contributed by atoms with Crippen LogP contribution in [0.3, 0.4) is 0 Å². The van der Waals surface area contributed by atoms with Crippen LogP contribution >= 0.6 is 11.8 Å². The fourth-order valence-electron chi connectivity index (χ4n) is 3.36. The number of non-ortho nitro benzene ring substituents is 1. The molecule has 1 aliphatic rings. The maximum atomic E-state index is 12.8. The third-order valence-corrected chi connectivity index (χ3v) is 6.01. The second kappa shape index (κ2) is 10.2. The Morgan fingerprint density at radius 3 is 2.37 bits per heavy atom. The second-order valence-electron chi connectivity index (χ2n) is 7.44. The number of hydrogen-bond donors (Lipinski definition) is 0. The van der Waals surface area contributed by atoms with E-state index in [2.05, 4.69) is 0 Å². The summed E-state index contributed by atoms with van der Waals surface area (Å²) < 4.78 is 5.71. The molecule has 3 aromatic rings. The number of rotatable bonds is 8. The molecule has 0 aromatic heterocycles. The van der Waals surface area contributed by atoms with Gasteiger partial charge in [-0.05, 0) is 47.2 Å². The van der Waals surface area contributed by atoms with E-state index < -0.39 is 21.0 Å². The molecule has 176 valence electrons. The zero-order valence-electron chi connectivity index (χ0n) is 18.0. The molecule has 10 nitrogen and oxygen atoms in total. The predicted molar refractivity (Wildman–Crippen MR) is 128 cm³/mol. The molecule has 0 saturated carbocycles. The van der Waals surface area contributed by atoms with Gasteiger partial charge >= 0.3 is 0 Å². The van der Waals surface area contributed by atoms with Crippen molar-refractivity contribution in [2.24, 2.45) is 0 Å². The van der Waals surface area contributed by atoms with Crippen molar-refractivity contribution in [3.05, 3.63) is 115 Å². The molecular weight excluding hydrogens is 474 g/mol.